The predicted octanol–water partition coefficient (Wildman–Crippen LogP) is 3.85. The Kier molecular flexibility index (Phi) is 7.06. The summed E-state index contributed by atoms with van der Waals surface area (Å²) in [5.74, 6) is 0.00590. The van der Waals surface area contributed by atoms with Crippen LogP contribution >= 0.6 is 15.9 Å². The highest BCUT2D eigenvalue weighted by Gasteiger charge is 2.18. The van der Waals surface area contributed by atoms with Crippen LogP contribution in [0.25, 0.3) is 10.9 Å². The fourth-order valence-electron chi connectivity index (χ4n) is 2.97. The summed E-state index contributed by atoms with van der Waals surface area (Å²) in [6.07, 6.45) is 1.70. The molecule has 9 heteroatoms. The molecule has 1 N–H and O–H groups in total. The molecule has 0 unspecified atom stereocenters. The molecule has 0 aliphatic heterocycles. The Hall–Kier alpha value is -3.20. The van der Waals surface area contributed by atoms with Crippen molar-refractivity contribution in [3.8, 4) is 11.5 Å². The Morgan fingerprint density at radius 1 is 1.35 bits per heavy atom. The number of nitrogens with zero attached hydrogens (tertiary/aromatic N) is 3. The van der Waals surface area contributed by atoms with E-state index in [0.717, 1.165) is 10.9 Å². The third-order valence-electron chi connectivity index (χ3n) is 4.53. The number of para-hydroxylation sites is 1. The van der Waals surface area contributed by atoms with E-state index in [-0.39, 0.29) is 11.3 Å². The molecule has 3 aromatic rings. The molecule has 3 rings (SSSR count). The molecule has 1 heterocycles. The van der Waals surface area contributed by atoms with E-state index >= 15 is 0 Å². The number of benzene rings is 2. The van der Waals surface area contributed by atoms with Gasteiger partial charge in [-0.25, -0.2) is 9.78 Å². The zero-order valence-electron chi connectivity index (χ0n) is 17.3. The number of fused-ring (bicyclic) bond motifs is 1. The number of hydrogen-bond donors (Lipinski definition) is 1. The van der Waals surface area contributed by atoms with Crippen LogP contribution < -0.4 is 15.0 Å². The number of aliphatic carboxylic acids is 1. The quantitative estimate of drug-likeness (QED) is 0.484. The van der Waals surface area contributed by atoms with Crippen LogP contribution in [0.15, 0.2) is 50.8 Å². The maximum absolute atomic E-state index is 13.1. The number of ether oxygens (including phenoxy) is 2. The lowest BCUT2D eigenvalue weighted by Gasteiger charge is -2.16. The van der Waals surface area contributed by atoms with Crippen molar-refractivity contribution in [2.75, 3.05) is 7.11 Å². The minimum absolute atomic E-state index is 0.227. The number of carboxylic acid groups (broad SMARTS) is 1. The van der Waals surface area contributed by atoms with E-state index in [1.807, 2.05) is 13.0 Å². The monoisotopic (exact) mass is 487 g/mol. The Bertz CT molecular complexity index is 1210. The smallest absolute Gasteiger partial charge is 0.344 e. The maximum Gasteiger partial charge on any atom is 0.344 e. The molecule has 0 amide bonds. The molecule has 31 heavy (non-hydrogen) atoms. The first-order valence-electron chi connectivity index (χ1n) is 9.67. The van der Waals surface area contributed by atoms with Crippen LogP contribution in [0.5, 0.6) is 11.5 Å². The molecule has 8 nitrogen and oxygen atoms in total. The molecule has 2 aromatic carbocycles. The average molecular weight is 488 g/mol. The van der Waals surface area contributed by atoms with E-state index in [1.165, 1.54) is 24.9 Å². The molecule has 0 saturated heterocycles. The molecule has 1 atom stereocenters. The topological polar surface area (TPSA) is 103 Å². The van der Waals surface area contributed by atoms with E-state index in [2.05, 4.69) is 26.0 Å². The third kappa shape index (κ3) is 4.93. The second-order valence-corrected chi connectivity index (χ2v) is 7.69. The van der Waals surface area contributed by atoms with Crippen LogP contribution in [0.1, 0.15) is 31.7 Å². The van der Waals surface area contributed by atoms with Crippen molar-refractivity contribution in [1.29, 1.82) is 0 Å². The highest BCUT2D eigenvalue weighted by Crippen LogP contribution is 2.31. The number of halogens is 1. The van der Waals surface area contributed by atoms with Gasteiger partial charge >= 0.3 is 5.97 Å². The van der Waals surface area contributed by atoms with Crippen molar-refractivity contribution >= 4 is 39.0 Å². The van der Waals surface area contributed by atoms with Crippen molar-refractivity contribution in [3.63, 3.8) is 0 Å². The largest absolute Gasteiger partial charge is 0.493 e. The average Bonchev–Trinajstić information content (AvgIpc) is 2.75. The summed E-state index contributed by atoms with van der Waals surface area (Å²) in [5.41, 5.74) is 0.773. The summed E-state index contributed by atoms with van der Waals surface area (Å²) in [6, 6.07) is 10.4. The second-order valence-electron chi connectivity index (χ2n) is 6.78. The summed E-state index contributed by atoms with van der Waals surface area (Å²) >= 11 is 3.38. The third-order valence-corrected chi connectivity index (χ3v) is 5.03. The van der Waals surface area contributed by atoms with Gasteiger partial charge in [0.15, 0.2) is 17.6 Å². The highest BCUT2D eigenvalue weighted by molar-refractivity contribution is 9.10. The van der Waals surface area contributed by atoms with E-state index in [9.17, 15) is 14.7 Å². The van der Waals surface area contributed by atoms with Gasteiger partial charge in [0, 0.05) is 16.5 Å². The molecule has 162 valence electrons. The van der Waals surface area contributed by atoms with Crippen molar-refractivity contribution in [1.82, 2.24) is 9.66 Å². The van der Waals surface area contributed by atoms with Crippen molar-refractivity contribution < 1.29 is 19.4 Å². The Morgan fingerprint density at radius 3 is 2.81 bits per heavy atom. The Labute approximate surface area is 187 Å². The van der Waals surface area contributed by atoms with Gasteiger partial charge in [-0.05, 0) is 43.7 Å². The molecule has 1 aromatic heterocycles. The van der Waals surface area contributed by atoms with E-state index < -0.39 is 12.1 Å². The van der Waals surface area contributed by atoms with Gasteiger partial charge < -0.3 is 14.6 Å². The van der Waals surface area contributed by atoms with E-state index in [0.29, 0.717) is 34.5 Å². The summed E-state index contributed by atoms with van der Waals surface area (Å²) < 4.78 is 12.9. The molecule has 0 aliphatic rings. The minimum Gasteiger partial charge on any atom is -0.493 e. The van der Waals surface area contributed by atoms with Crippen LogP contribution in [0, 0.1) is 0 Å². The summed E-state index contributed by atoms with van der Waals surface area (Å²) in [7, 11) is 1.46. The molecular formula is C22H22BrN3O5. The SMILES string of the molecule is CCCc1nc2ccc(Br)cc2c(=O)n1N=Cc1cccc(OC)c1O[C@H](C)C(=O)O. The van der Waals surface area contributed by atoms with Gasteiger partial charge in [0.25, 0.3) is 5.56 Å². The first-order chi connectivity index (χ1) is 14.8. The van der Waals surface area contributed by atoms with Gasteiger partial charge in [0.05, 0.1) is 24.2 Å². The van der Waals surface area contributed by atoms with Gasteiger partial charge in [-0.15, -0.1) is 0 Å². The second kappa shape index (κ2) is 9.74. The van der Waals surface area contributed by atoms with E-state index in [4.69, 9.17) is 9.47 Å². The first kappa shape index (κ1) is 22.5. The number of hydrogen-bond acceptors (Lipinski definition) is 6. The summed E-state index contributed by atoms with van der Waals surface area (Å²) in [5, 5.41) is 14.0. The molecule has 0 aliphatic carbocycles. The van der Waals surface area contributed by atoms with Crippen molar-refractivity contribution in [2.45, 2.75) is 32.8 Å². The number of methoxy groups -OCH3 is 1. The Balaban J connectivity index is 2.13. The van der Waals surface area contributed by atoms with E-state index in [1.54, 1.807) is 30.3 Å². The fraction of sp³-hybridized carbons (Fsp3) is 0.273. The zero-order valence-corrected chi connectivity index (χ0v) is 18.9. The molecule has 0 spiro atoms. The molecule has 0 saturated carbocycles. The van der Waals surface area contributed by atoms with Crippen LogP contribution in [-0.4, -0.2) is 40.2 Å². The standard InChI is InChI=1S/C22H22BrN3O5/c1-4-6-19-25-17-10-9-15(23)11-16(17)21(27)26(19)24-12-14-7-5-8-18(30-3)20(14)31-13(2)22(28)29/h5,7-13H,4,6H2,1-3H3,(H,28,29)/t13-/m1/s1. The fourth-order valence-corrected chi connectivity index (χ4v) is 3.33. The van der Waals surface area contributed by atoms with Crippen LogP contribution in [0.3, 0.4) is 0 Å². The summed E-state index contributed by atoms with van der Waals surface area (Å²) in [4.78, 5) is 29.0. The maximum atomic E-state index is 13.1. The number of aromatic nitrogens is 2. The van der Waals surface area contributed by atoms with Crippen LogP contribution in [-0.2, 0) is 11.2 Å². The van der Waals surface area contributed by atoms with Gasteiger partial charge in [-0.2, -0.15) is 9.78 Å². The van der Waals surface area contributed by atoms with Gasteiger partial charge in [0.2, 0.25) is 0 Å². The number of aryl methyl sites for hydroxylation is 1. The van der Waals surface area contributed by atoms with Crippen LogP contribution in [0.4, 0.5) is 0 Å². The predicted molar refractivity (Wildman–Crippen MR) is 121 cm³/mol. The first-order valence-corrected chi connectivity index (χ1v) is 10.5. The summed E-state index contributed by atoms with van der Waals surface area (Å²) in [6.45, 7) is 3.41. The van der Waals surface area contributed by atoms with Crippen molar-refractivity contribution in [3.05, 3.63) is 62.6 Å². The molecule has 0 radical (unpaired) electrons. The Morgan fingerprint density at radius 2 is 2.13 bits per heavy atom. The lowest BCUT2D eigenvalue weighted by molar-refractivity contribution is -0.144. The lowest BCUT2D eigenvalue weighted by atomic mass is 10.2. The number of rotatable bonds is 8. The highest BCUT2D eigenvalue weighted by atomic mass is 79.9. The van der Waals surface area contributed by atoms with Crippen LogP contribution in [0.2, 0.25) is 0 Å². The zero-order chi connectivity index (χ0) is 22.5. The normalized spacial score (nSPS) is 12.3. The minimum atomic E-state index is -1.11. The van der Waals surface area contributed by atoms with Gasteiger partial charge in [0.1, 0.15) is 5.82 Å². The number of carboxylic acids is 1. The molecule has 0 fully saturated rings. The van der Waals surface area contributed by atoms with Gasteiger partial charge in [-0.3, -0.25) is 4.79 Å². The van der Waals surface area contributed by atoms with Gasteiger partial charge in [-0.1, -0.05) is 28.9 Å². The molecular weight excluding hydrogens is 466 g/mol. The lowest BCUT2D eigenvalue weighted by Crippen LogP contribution is -2.24. The van der Waals surface area contributed by atoms with Crippen molar-refractivity contribution in [2.24, 2.45) is 5.10 Å². The molecule has 0 bridgehead atoms. The number of carbonyl (C=O) groups is 1.